The summed E-state index contributed by atoms with van der Waals surface area (Å²) in [6.07, 6.45) is 11.8. The van der Waals surface area contributed by atoms with Crippen LogP contribution in [-0.4, -0.2) is 46.7 Å². The first-order valence-electron chi connectivity index (χ1n) is 15.8. The monoisotopic (exact) mass is 586 g/mol. The van der Waals surface area contributed by atoms with E-state index in [1.165, 1.54) is 53.1 Å². The molecule has 1 amide bonds. The molecule has 3 aromatic rings. The van der Waals surface area contributed by atoms with Crippen LogP contribution in [0.25, 0.3) is 0 Å². The number of fused-ring (bicyclic) bond motifs is 4. The van der Waals surface area contributed by atoms with Crippen molar-refractivity contribution in [3.63, 3.8) is 0 Å². The van der Waals surface area contributed by atoms with E-state index in [-0.39, 0.29) is 23.3 Å². The van der Waals surface area contributed by atoms with E-state index >= 15 is 0 Å². The van der Waals surface area contributed by atoms with Crippen LogP contribution in [0.15, 0.2) is 65.7 Å². The van der Waals surface area contributed by atoms with Crippen molar-refractivity contribution in [1.82, 2.24) is 19.1 Å². The van der Waals surface area contributed by atoms with Gasteiger partial charge in [-0.15, -0.1) is 0 Å². The molecule has 0 saturated carbocycles. The van der Waals surface area contributed by atoms with Gasteiger partial charge in [0.15, 0.2) is 0 Å². The quantitative estimate of drug-likeness (QED) is 0.389. The van der Waals surface area contributed by atoms with Crippen LogP contribution in [-0.2, 0) is 34.3 Å². The van der Waals surface area contributed by atoms with Crippen molar-refractivity contribution >= 4 is 15.9 Å². The fourth-order valence-electron chi connectivity index (χ4n) is 8.02. The predicted molar refractivity (Wildman–Crippen MR) is 163 cm³/mol. The minimum absolute atomic E-state index is 0.0426. The summed E-state index contributed by atoms with van der Waals surface area (Å²) in [6, 6.07) is 18.7. The smallest absolute Gasteiger partial charge is 0.243 e. The molecule has 2 fully saturated rings. The number of hydrogen-bond acceptors (Lipinski definition) is 4. The lowest BCUT2D eigenvalue weighted by atomic mass is 9.86. The Morgan fingerprint density at radius 2 is 1.71 bits per heavy atom. The summed E-state index contributed by atoms with van der Waals surface area (Å²) in [7, 11) is -3.76. The Balaban J connectivity index is 1.08. The van der Waals surface area contributed by atoms with Gasteiger partial charge in [0.25, 0.3) is 0 Å². The number of amides is 1. The molecular formula is C34H42N4O3S. The van der Waals surface area contributed by atoms with Crippen molar-refractivity contribution in [2.24, 2.45) is 0 Å². The number of aryl methyl sites for hydroxylation is 2. The van der Waals surface area contributed by atoms with Gasteiger partial charge < -0.3 is 9.88 Å². The minimum Gasteiger partial charge on any atom is -0.349 e. The van der Waals surface area contributed by atoms with Gasteiger partial charge in [0.1, 0.15) is 0 Å². The summed E-state index contributed by atoms with van der Waals surface area (Å²) in [5, 5.41) is 3.31. The zero-order valence-electron chi connectivity index (χ0n) is 24.5. The maximum Gasteiger partial charge on any atom is 0.243 e. The molecule has 1 aromatic heterocycles. The molecule has 7 rings (SSSR count). The third-order valence-electron chi connectivity index (χ3n) is 10.2. The summed E-state index contributed by atoms with van der Waals surface area (Å²) in [5.41, 5.74) is 5.84. The van der Waals surface area contributed by atoms with E-state index in [0.717, 1.165) is 49.1 Å². The maximum absolute atomic E-state index is 13.8. The van der Waals surface area contributed by atoms with Gasteiger partial charge in [0.2, 0.25) is 15.9 Å². The lowest BCUT2D eigenvalue weighted by Crippen LogP contribution is -2.44. The Labute approximate surface area is 250 Å². The van der Waals surface area contributed by atoms with Crippen LogP contribution in [0.5, 0.6) is 0 Å². The number of aromatic nitrogens is 1. The first-order chi connectivity index (χ1) is 20.4. The van der Waals surface area contributed by atoms with Gasteiger partial charge in [-0.2, -0.15) is 4.31 Å². The zero-order valence-corrected chi connectivity index (χ0v) is 25.4. The molecule has 2 saturated heterocycles. The summed E-state index contributed by atoms with van der Waals surface area (Å²) in [5.74, 6) is -0.106. The van der Waals surface area contributed by atoms with Crippen LogP contribution in [0.2, 0.25) is 0 Å². The SMILES string of the molecule is Cc1ccc(S(=O)(=O)N2CCn3cccc3C2CC(=O)NC2CCCc3cc(CN4C5CCCC4CC5)ccc32)cc1. The highest BCUT2D eigenvalue weighted by Gasteiger charge is 2.39. The average Bonchev–Trinajstić information content (AvgIpc) is 3.53. The van der Waals surface area contributed by atoms with Crippen molar-refractivity contribution in [2.45, 2.75) is 107 Å². The number of piperidine rings is 1. The molecule has 2 bridgehead atoms. The summed E-state index contributed by atoms with van der Waals surface area (Å²) < 4.78 is 31.2. The molecule has 0 spiro atoms. The van der Waals surface area contributed by atoms with E-state index in [4.69, 9.17) is 0 Å². The van der Waals surface area contributed by atoms with E-state index < -0.39 is 16.1 Å². The second-order valence-corrected chi connectivity index (χ2v) is 14.7. The van der Waals surface area contributed by atoms with Gasteiger partial charge >= 0.3 is 0 Å². The normalized spacial score (nSPS) is 26.0. The summed E-state index contributed by atoms with van der Waals surface area (Å²) >= 11 is 0. The molecule has 4 atom stereocenters. The molecule has 1 aliphatic carbocycles. The van der Waals surface area contributed by atoms with Gasteiger partial charge in [-0.3, -0.25) is 9.69 Å². The molecule has 2 aromatic carbocycles. The maximum atomic E-state index is 13.8. The lowest BCUT2D eigenvalue weighted by Gasteiger charge is -2.36. The summed E-state index contributed by atoms with van der Waals surface area (Å²) in [6.45, 7) is 3.89. The largest absolute Gasteiger partial charge is 0.349 e. The van der Waals surface area contributed by atoms with Crippen LogP contribution in [0, 0.1) is 6.92 Å². The van der Waals surface area contributed by atoms with Crippen LogP contribution in [0.1, 0.15) is 91.4 Å². The Hall–Kier alpha value is -2.94. The number of nitrogens with zero attached hydrogens (tertiary/aromatic N) is 3. The molecule has 8 heteroatoms. The van der Waals surface area contributed by atoms with Crippen molar-refractivity contribution in [3.05, 3.63) is 88.7 Å². The van der Waals surface area contributed by atoms with E-state index in [1.54, 1.807) is 12.1 Å². The lowest BCUT2D eigenvalue weighted by molar-refractivity contribution is -0.123. The number of benzene rings is 2. The highest BCUT2D eigenvalue weighted by molar-refractivity contribution is 7.89. The third-order valence-corrected chi connectivity index (χ3v) is 12.1. The molecule has 7 nitrogen and oxygen atoms in total. The Bertz CT molecular complexity index is 1550. The molecular weight excluding hydrogens is 544 g/mol. The van der Waals surface area contributed by atoms with Crippen LogP contribution in [0.4, 0.5) is 0 Å². The number of nitrogens with one attached hydrogen (secondary N) is 1. The van der Waals surface area contributed by atoms with E-state index in [1.807, 2.05) is 37.4 Å². The van der Waals surface area contributed by atoms with E-state index in [0.29, 0.717) is 13.1 Å². The molecule has 4 unspecified atom stereocenters. The third kappa shape index (κ3) is 5.22. The number of rotatable bonds is 7. The van der Waals surface area contributed by atoms with Crippen molar-refractivity contribution < 1.29 is 13.2 Å². The topological polar surface area (TPSA) is 74.6 Å². The Morgan fingerprint density at radius 3 is 2.50 bits per heavy atom. The second kappa shape index (κ2) is 11.3. The van der Waals surface area contributed by atoms with Gasteiger partial charge in [0.05, 0.1) is 17.0 Å². The fraction of sp³-hybridized carbons (Fsp3) is 0.500. The molecule has 4 aliphatic rings. The zero-order chi connectivity index (χ0) is 28.8. The van der Waals surface area contributed by atoms with E-state index in [2.05, 4.69) is 33.0 Å². The molecule has 1 N–H and O–H groups in total. The van der Waals surface area contributed by atoms with Crippen LogP contribution >= 0.6 is 0 Å². The molecule has 222 valence electrons. The number of carbonyl (C=O) groups is 1. The van der Waals surface area contributed by atoms with Gasteiger partial charge in [-0.1, -0.05) is 42.3 Å². The fourth-order valence-corrected chi connectivity index (χ4v) is 9.61. The molecule has 0 radical (unpaired) electrons. The van der Waals surface area contributed by atoms with Gasteiger partial charge in [-0.25, -0.2) is 8.42 Å². The Kier molecular flexibility index (Phi) is 7.49. The number of sulfonamides is 1. The van der Waals surface area contributed by atoms with Crippen molar-refractivity contribution in [1.29, 1.82) is 0 Å². The van der Waals surface area contributed by atoms with Crippen LogP contribution < -0.4 is 5.32 Å². The number of hydrogen-bond donors (Lipinski definition) is 1. The highest BCUT2D eigenvalue weighted by atomic mass is 32.2. The summed E-state index contributed by atoms with van der Waals surface area (Å²) in [4.78, 5) is 16.6. The molecule has 3 aliphatic heterocycles. The minimum atomic E-state index is -3.76. The van der Waals surface area contributed by atoms with Crippen LogP contribution in [0.3, 0.4) is 0 Å². The molecule has 42 heavy (non-hydrogen) atoms. The first-order valence-corrected chi connectivity index (χ1v) is 17.2. The van der Waals surface area contributed by atoms with Crippen molar-refractivity contribution in [2.75, 3.05) is 6.54 Å². The van der Waals surface area contributed by atoms with Crippen molar-refractivity contribution in [3.8, 4) is 0 Å². The first kappa shape index (κ1) is 27.9. The Morgan fingerprint density at radius 1 is 0.929 bits per heavy atom. The standard InChI is InChI=1S/C34H42N4O3S/c1-24-10-15-29(16-11-24)42(40,41)38-20-19-36-18-4-9-32(36)33(38)22-34(39)35-31-8-2-5-26-21-25(12-17-30(26)31)23-37-27-6-3-7-28(37)14-13-27/h4,9-12,15-18,21,27-28,31,33H,2-3,5-8,13-14,19-20,22-23H2,1H3,(H,35,39). The molecule has 4 heterocycles. The second-order valence-electron chi connectivity index (χ2n) is 12.8. The van der Waals surface area contributed by atoms with Gasteiger partial charge in [0, 0.05) is 50.0 Å². The number of carbonyl (C=O) groups excluding carboxylic acids is 1. The average molecular weight is 587 g/mol. The van der Waals surface area contributed by atoms with Gasteiger partial charge in [-0.05, 0) is 92.8 Å². The predicted octanol–water partition coefficient (Wildman–Crippen LogP) is 5.64. The highest BCUT2D eigenvalue weighted by Crippen LogP contribution is 2.38. The van der Waals surface area contributed by atoms with E-state index in [9.17, 15) is 13.2 Å².